The third kappa shape index (κ3) is 4.15. The van der Waals surface area contributed by atoms with Crippen LogP contribution in [-0.2, 0) is 17.9 Å². The Balaban J connectivity index is 1.48. The molecule has 0 saturated heterocycles. The molecule has 9 heteroatoms. The van der Waals surface area contributed by atoms with Crippen LogP contribution in [0.1, 0.15) is 36.4 Å². The van der Waals surface area contributed by atoms with Crippen LogP contribution in [-0.4, -0.2) is 38.7 Å². The van der Waals surface area contributed by atoms with E-state index >= 15 is 0 Å². The first-order valence-electron chi connectivity index (χ1n) is 10.6. The number of rotatable bonds is 6. The molecular formula is C23H28FN7O. The number of carbonyl (C=O) groups is 1. The minimum absolute atomic E-state index is 0.00569. The highest BCUT2D eigenvalue weighted by atomic mass is 19.1. The molecule has 1 amide bonds. The summed E-state index contributed by atoms with van der Waals surface area (Å²) in [6.07, 6.45) is 5.24. The van der Waals surface area contributed by atoms with Gasteiger partial charge in [-0.05, 0) is 25.8 Å². The van der Waals surface area contributed by atoms with Crippen LogP contribution in [0.25, 0.3) is 0 Å². The number of nitrogens with one attached hydrogen (secondary N) is 2. The summed E-state index contributed by atoms with van der Waals surface area (Å²) < 4.78 is 15.9. The largest absolute Gasteiger partial charge is 0.366 e. The highest BCUT2D eigenvalue weighted by Crippen LogP contribution is 2.36. The van der Waals surface area contributed by atoms with Crippen molar-refractivity contribution < 1.29 is 9.18 Å². The predicted octanol–water partition coefficient (Wildman–Crippen LogP) is 3.50. The van der Waals surface area contributed by atoms with Gasteiger partial charge in [0.2, 0.25) is 5.91 Å². The van der Waals surface area contributed by atoms with Crippen molar-refractivity contribution in [1.82, 2.24) is 19.7 Å². The van der Waals surface area contributed by atoms with Gasteiger partial charge in [-0.25, -0.2) is 9.37 Å². The molecule has 168 valence electrons. The van der Waals surface area contributed by atoms with Gasteiger partial charge in [-0.15, -0.1) is 0 Å². The molecule has 2 N–H and O–H groups in total. The summed E-state index contributed by atoms with van der Waals surface area (Å²) in [6, 6.07) is 3.39. The molecule has 4 rings (SSSR count). The number of fused-ring (bicyclic) bond motifs is 1. The zero-order valence-electron chi connectivity index (χ0n) is 19.0. The van der Waals surface area contributed by atoms with Gasteiger partial charge in [0, 0.05) is 43.2 Å². The molecule has 1 aliphatic heterocycles. The van der Waals surface area contributed by atoms with Crippen LogP contribution < -0.4 is 15.5 Å². The van der Waals surface area contributed by atoms with Gasteiger partial charge in [0.15, 0.2) is 0 Å². The molecule has 0 aromatic carbocycles. The summed E-state index contributed by atoms with van der Waals surface area (Å²) >= 11 is 0. The van der Waals surface area contributed by atoms with E-state index in [9.17, 15) is 9.18 Å². The van der Waals surface area contributed by atoms with E-state index in [1.54, 1.807) is 30.1 Å². The SMILES string of the molecule is Cc1nccc(Cn2cc(CNc3cc4c(c(C)n3)NC(=O)[C@H](C(C)C)N4C)cn2)c1F. The van der Waals surface area contributed by atoms with E-state index < -0.39 is 0 Å². The predicted molar refractivity (Wildman–Crippen MR) is 122 cm³/mol. The smallest absolute Gasteiger partial charge is 0.247 e. The zero-order valence-corrected chi connectivity index (χ0v) is 19.0. The molecule has 3 aromatic rings. The molecule has 1 aliphatic rings. The molecule has 4 heterocycles. The van der Waals surface area contributed by atoms with Crippen molar-refractivity contribution in [3.63, 3.8) is 0 Å². The van der Waals surface area contributed by atoms with Crippen molar-refractivity contribution in [3.8, 4) is 0 Å². The second-order valence-corrected chi connectivity index (χ2v) is 8.55. The Morgan fingerprint density at radius 1 is 1.28 bits per heavy atom. The number of pyridine rings is 2. The molecule has 0 spiro atoms. The number of nitrogens with zero attached hydrogens (tertiary/aromatic N) is 5. The summed E-state index contributed by atoms with van der Waals surface area (Å²) in [5, 5.41) is 10.7. The second-order valence-electron chi connectivity index (χ2n) is 8.55. The topological polar surface area (TPSA) is 88.0 Å². The fraction of sp³-hybridized carbons (Fsp3) is 0.391. The summed E-state index contributed by atoms with van der Waals surface area (Å²) in [4.78, 5) is 23.1. The molecule has 1 atom stereocenters. The number of hydrogen-bond donors (Lipinski definition) is 2. The van der Waals surface area contributed by atoms with Crippen molar-refractivity contribution in [1.29, 1.82) is 0 Å². The van der Waals surface area contributed by atoms with Gasteiger partial charge in [0.25, 0.3) is 0 Å². The van der Waals surface area contributed by atoms with Gasteiger partial charge in [-0.3, -0.25) is 14.5 Å². The summed E-state index contributed by atoms with van der Waals surface area (Å²) in [6.45, 7) is 8.47. The van der Waals surface area contributed by atoms with Crippen LogP contribution in [0.3, 0.4) is 0 Å². The Morgan fingerprint density at radius 3 is 2.81 bits per heavy atom. The van der Waals surface area contributed by atoms with E-state index in [1.807, 2.05) is 45.0 Å². The lowest BCUT2D eigenvalue weighted by Gasteiger charge is -2.38. The molecule has 0 bridgehead atoms. The minimum atomic E-state index is -0.299. The Bertz CT molecular complexity index is 1160. The summed E-state index contributed by atoms with van der Waals surface area (Å²) in [7, 11) is 1.94. The fourth-order valence-electron chi connectivity index (χ4n) is 4.13. The van der Waals surface area contributed by atoms with Crippen LogP contribution in [0, 0.1) is 25.6 Å². The maximum atomic E-state index is 14.2. The summed E-state index contributed by atoms with van der Waals surface area (Å²) in [5.41, 5.74) is 4.34. The highest BCUT2D eigenvalue weighted by molar-refractivity contribution is 6.04. The number of aryl methyl sites for hydroxylation is 2. The average molecular weight is 438 g/mol. The fourth-order valence-corrected chi connectivity index (χ4v) is 4.13. The van der Waals surface area contributed by atoms with E-state index in [-0.39, 0.29) is 23.7 Å². The molecule has 0 unspecified atom stereocenters. The molecule has 3 aromatic heterocycles. The van der Waals surface area contributed by atoms with E-state index in [0.717, 1.165) is 28.5 Å². The van der Waals surface area contributed by atoms with Crippen molar-refractivity contribution >= 4 is 23.1 Å². The number of carbonyl (C=O) groups excluding carboxylic acids is 1. The van der Waals surface area contributed by atoms with Gasteiger partial charge >= 0.3 is 0 Å². The van der Waals surface area contributed by atoms with Crippen LogP contribution in [0.15, 0.2) is 30.7 Å². The Hall–Kier alpha value is -3.49. The number of anilines is 3. The molecule has 0 saturated carbocycles. The lowest BCUT2D eigenvalue weighted by Crippen LogP contribution is -2.49. The van der Waals surface area contributed by atoms with E-state index in [2.05, 4.69) is 25.7 Å². The molecule has 0 fully saturated rings. The van der Waals surface area contributed by atoms with Crippen LogP contribution in [0.5, 0.6) is 0 Å². The number of aromatic nitrogens is 4. The van der Waals surface area contributed by atoms with Crippen molar-refractivity contribution in [2.24, 2.45) is 5.92 Å². The number of amides is 1. The monoisotopic (exact) mass is 437 g/mol. The van der Waals surface area contributed by atoms with E-state index in [4.69, 9.17) is 0 Å². The first kappa shape index (κ1) is 21.7. The molecule has 8 nitrogen and oxygen atoms in total. The van der Waals surface area contributed by atoms with Crippen LogP contribution in [0.2, 0.25) is 0 Å². The number of halogens is 1. The molecular weight excluding hydrogens is 409 g/mol. The normalized spacial score (nSPS) is 15.7. The highest BCUT2D eigenvalue weighted by Gasteiger charge is 2.34. The van der Waals surface area contributed by atoms with Crippen molar-refractivity contribution in [3.05, 3.63) is 59.1 Å². The van der Waals surface area contributed by atoms with Gasteiger partial charge in [0.1, 0.15) is 17.7 Å². The third-order valence-corrected chi connectivity index (χ3v) is 5.76. The summed E-state index contributed by atoms with van der Waals surface area (Å²) in [5.74, 6) is 0.592. The Morgan fingerprint density at radius 2 is 2.06 bits per heavy atom. The quantitative estimate of drug-likeness (QED) is 0.614. The molecule has 0 aliphatic carbocycles. The van der Waals surface area contributed by atoms with E-state index in [0.29, 0.717) is 24.3 Å². The standard InChI is InChI=1S/C23H28FN7O/c1-13(2)22-23(32)29-21-15(4)28-19(8-18(21)30(22)5)26-9-16-10-27-31(11-16)12-17-6-7-25-14(3)20(17)24/h6-8,10-11,13,22H,9,12H2,1-5H3,(H,26,28)(H,29,32)/t22-/m0/s1. The van der Waals surface area contributed by atoms with Gasteiger partial charge < -0.3 is 15.5 Å². The maximum absolute atomic E-state index is 14.2. The van der Waals surface area contributed by atoms with Crippen molar-refractivity contribution in [2.75, 3.05) is 22.6 Å². The Labute approximate surface area is 186 Å². The molecule has 32 heavy (non-hydrogen) atoms. The van der Waals surface area contributed by atoms with E-state index in [1.165, 1.54) is 0 Å². The maximum Gasteiger partial charge on any atom is 0.247 e. The second kappa shape index (κ2) is 8.57. The van der Waals surface area contributed by atoms with Crippen molar-refractivity contribution in [2.45, 2.75) is 46.8 Å². The first-order valence-corrected chi connectivity index (χ1v) is 10.6. The zero-order chi connectivity index (χ0) is 23.0. The number of hydrogen-bond acceptors (Lipinski definition) is 6. The lowest BCUT2D eigenvalue weighted by molar-refractivity contribution is -0.118. The first-order chi connectivity index (χ1) is 15.2. The lowest BCUT2D eigenvalue weighted by atomic mass is 9.98. The molecule has 0 radical (unpaired) electrons. The average Bonchev–Trinajstić information content (AvgIpc) is 3.18. The van der Waals surface area contributed by atoms with Gasteiger partial charge in [-0.1, -0.05) is 13.8 Å². The van der Waals surface area contributed by atoms with Gasteiger partial charge in [0.05, 0.1) is 35.5 Å². The van der Waals surface area contributed by atoms with Crippen LogP contribution >= 0.6 is 0 Å². The van der Waals surface area contributed by atoms with Gasteiger partial charge in [-0.2, -0.15) is 5.10 Å². The number of likely N-dealkylation sites (N-methyl/N-ethyl adjacent to an activating group) is 1. The Kier molecular flexibility index (Phi) is 5.82. The van der Waals surface area contributed by atoms with Crippen LogP contribution in [0.4, 0.5) is 21.6 Å². The minimum Gasteiger partial charge on any atom is -0.366 e. The third-order valence-electron chi connectivity index (χ3n) is 5.76.